The molecule has 0 N–H and O–H groups in total. The van der Waals surface area contributed by atoms with Crippen molar-refractivity contribution in [3.8, 4) is 11.8 Å². The van der Waals surface area contributed by atoms with Crippen molar-refractivity contribution >= 4 is 5.97 Å². The number of esters is 1. The molecule has 17 heavy (non-hydrogen) atoms. The highest BCUT2D eigenvalue weighted by atomic mass is 16.5. The van der Waals surface area contributed by atoms with Gasteiger partial charge in [0.15, 0.2) is 0 Å². The summed E-state index contributed by atoms with van der Waals surface area (Å²) in [6, 6.07) is 7.25. The van der Waals surface area contributed by atoms with Crippen LogP contribution in [0.4, 0.5) is 0 Å². The van der Waals surface area contributed by atoms with Gasteiger partial charge in [-0.25, -0.2) is 4.79 Å². The summed E-state index contributed by atoms with van der Waals surface area (Å²) in [4.78, 5) is 11.5. The van der Waals surface area contributed by atoms with Crippen LogP contribution in [-0.4, -0.2) is 12.6 Å². The summed E-state index contributed by atoms with van der Waals surface area (Å²) in [5, 5.41) is 0. The maximum atomic E-state index is 11.5. The zero-order chi connectivity index (χ0) is 12.5. The lowest BCUT2D eigenvalue weighted by Crippen LogP contribution is -2.04. The lowest BCUT2D eigenvalue weighted by Gasteiger charge is -2.01. The van der Waals surface area contributed by atoms with Gasteiger partial charge in [-0.2, -0.15) is 0 Å². The Morgan fingerprint density at radius 3 is 2.88 bits per heavy atom. The van der Waals surface area contributed by atoms with Gasteiger partial charge < -0.3 is 4.74 Å². The number of ether oxygens (including phenoxy) is 1. The average molecular weight is 230 g/mol. The summed E-state index contributed by atoms with van der Waals surface area (Å²) < 4.78 is 4.94. The van der Waals surface area contributed by atoms with E-state index in [0.717, 1.165) is 24.8 Å². The molecule has 0 heterocycles. The minimum absolute atomic E-state index is 0.287. The Hall–Kier alpha value is -1.75. The van der Waals surface area contributed by atoms with Crippen molar-refractivity contribution < 1.29 is 9.53 Å². The maximum Gasteiger partial charge on any atom is 0.338 e. The second-order valence-electron chi connectivity index (χ2n) is 3.71. The minimum atomic E-state index is -0.287. The predicted molar refractivity (Wildman–Crippen MR) is 68.8 cm³/mol. The monoisotopic (exact) mass is 230 g/mol. The normalized spacial score (nSPS) is 9.29. The maximum absolute atomic E-state index is 11.5. The Morgan fingerprint density at radius 1 is 1.35 bits per heavy atom. The molecule has 0 aliphatic heterocycles. The average Bonchev–Trinajstić information content (AvgIpc) is 2.35. The van der Waals surface area contributed by atoms with Gasteiger partial charge in [0.05, 0.1) is 12.2 Å². The molecule has 0 atom stereocenters. The smallest absolute Gasteiger partial charge is 0.338 e. The highest BCUT2D eigenvalue weighted by Crippen LogP contribution is 2.06. The molecule has 1 aromatic rings. The molecule has 0 aliphatic carbocycles. The van der Waals surface area contributed by atoms with Crippen LogP contribution >= 0.6 is 0 Å². The quantitative estimate of drug-likeness (QED) is 0.450. The van der Waals surface area contributed by atoms with Crippen LogP contribution in [0.5, 0.6) is 0 Å². The number of hydrogen-bond donors (Lipinski definition) is 0. The van der Waals surface area contributed by atoms with E-state index in [4.69, 9.17) is 4.74 Å². The van der Waals surface area contributed by atoms with Gasteiger partial charge in [0.1, 0.15) is 0 Å². The van der Waals surface area contributed by atoms with Crippen LogP contribution in [0.25, 0.3) is 0 Å². The van der Waals surface area contributed by atoms with Crippen LogP contribution < -0.4 is 0 Å². The molecule has 0 amide bonds. The Balaban J connectivity index is 2.71. The van der Waals surface area contributed by atoms with Gasteiger partial charge in [0, 0.05) is 12.0 Å². The lowest BCUT2D eigenvalue weighted by molar-refractivity contribution is 0.0526. The number of unbranched alkanes of at least 4 members (excludes halogenated alkanes) is 2. The number of carbonyl (C=O) groups excluding carboxylic acids is 1. The van der Waals surface area contributed by atoms with Gasteiger partial charge in [-0.15, -0.1) is 0 Å². The summed E-state index contributed by atoms with van der Waals surface area (Å²) in [7, 11) is 0. The predicted octanol–water partition coefficient (Wildman–Crippen LogP) is 3.41. The molecule has 0 bridgehead atoms. The largest absolute Gasteiger partial charge is 0.462 e. The molecule has 0 radical (unpaired) electrons. The van der Waals surface area contributed by atoms with Gasteiger partial charge >= 0.3 is 5.97 Å². The highest BCUT2D eigenvalue weighted by molar-refractivity contribution is 5.89. The van der Waals surface area contributed by atoms with Crippen LogP contribution in [-0.2, 0) is 4.74 Å². The van der Waals surface area contributed by atoms with Crippen LogP contribution in [0.3, 0.4) is 0 Å². The van der Waals surface area contributed by atoms with E-state index < -0.39 is 0 Å². The Kier molecular flexibility index (Phi) is 5.88. The second kappa shape index (κ2) is 7.51. The molecule has 0 unspecified atom stereocenters. The van der Waals surface area contributed by atoms with Crippen molar-refractivity contribution in [2.45, 2.75) is 33.1 Å². The summed E-state index contributed by atoms with van der Waals surface area (Å²) in [6.45, 7) is 4.33. The van der Waals surface area contributed by atoms with E-state index in [0.29, 0.717) is 12.2 Å². The Morgan fingerprint density at radius 2 is 2.18 bits per heavy atom. The molecule has 0 fully saturated rings. The van der Waals surface area contributed by atoms with Gasteiger partial charge in [-0.1, -0.05) is 31.3 Å². The summed E-state index contributed by atoms with van der Waals surface area (Å²) >= 11 is 0. The van der Waals surface area contributed by atoms with E-state index in [-0.39, 0.29) is 5.97 Å². The first kappa shape index (κ1) is 13.3. The lowest BCUT2D eigenvalue weighted by atomic mass is 10.1. The van der Waals surface area contributed by atoms with E-state index >= 15 is 0 Å². The molecule has 2 heteroatoms. The molecule has 0 aliphatic rings. The van der Waals surface area contributed by atoms with Gasteiger partial charge in [-0.3, -0.25) is 0 Å². The third-order valence-corrected chi connectivity index (χ3v) is 2.26. The number of carbonyl (C=O) groups is 1. The standard InChI is InChI=1S/C15H18O2/c1-3-5-6-7-9-13-10-8-11-14(12-13)15(16)17-4-2/h8,10-12H,3-6H2,1-2H3. The zero-order valence-electron chi connectivity index (χ0n) is 10.5. The van der Waals surface area contributed by atoms with E-state index in [1.807, 2.05) is 12.1 Å². The summed E-state index contributed by atoms with van der Waals surface area (Å²) in [5.41, 5.74) is 1.43. The fourth-order valence-electron chi connectivity index (χ4n) is 1.37. The summed E-state index contributed by atoms with van der Waals surface area (Å²) in [6.07, 6.45) is 3.17. The first-order valence-electron chi connectivity index (χ1n) is 6.04. The molecule has 0 saturated carbocycles. The van der Waals surface area contributed by atoms with Crippen molar-refractivity contribution in [3.05, 3.63) is 35.4 Å². The first-order valence-corrected chi connectivity index (χ1v) is 6.04. The summed E-state index contributed by atoms with van der Waals surface area (Å²) in [5.74, 6) is 5.87. The molecule has 0 spiro atoms. The number of rotatable bonds is 4. The van der Waals surface area contributed by atoms with Crippen molar-refractivity contribution in [3.63, 3.8) is 0 Å². The van der Waals surface area contributed by atoms with Crippen molar-refractivity contribution in [1.82, 2.24) is 0 Å². The zero-order valence-corrected chi connectivity index (χ0v) is 10.5. The van der Waals surface area contributed by atoms with Crippen molar-refractivity contribution in [2.24, 2.45) is 0 Å². The van der Waals surface area contributed by atoms with Gasteiger partial charge in [-0.05, 0) is 31.5 Å². The first-order chi connectivity index (χ1) is 8.27. The Bertz CT molecular complexity index is 424. The molecule has 90 valence electrons. The highest BCUT2D eigenvalue weighted by Gasteiger charge is 2.05. The van der Waals surface area contributed by atoms with Crippen LogP contribution in [0.2, 0.25) is 0 Å². The van der Waals surface area contributed by atoms with Crippen LogP contribution in [0.1, 0.15) is 49.0 Å². The molecule has 0 saturated heterocycles. The van der Waals surface area contributed by atoms with E-state index in [9.17, 15) is 4.79 Å². The molecule has 1 rings (SSSR count). The second-order valence-corrected chi connectivity index (χ2v) is 3.71. The molecular weight excluding hydrogens is 212 g/mol. The van der Waals surface area contributed by atoms with Crippen molar-refractivity contribution in [2.75, 3.05) is 6.61 Å². The third kappa shape index (κ3) is 4.74. The van der Waals surface area contributed by atoms with Crippen molar-refractivity contribution in [1.29, 1.82) is 0 Å². The molecule has 2 nitrogen and oxygen atoms in total. The third-order valence-electron chi connectivity index (χ3n) is 2.26. The molecule has 0 aromatic heterocycles. The number of hydrogen-bond acceptors (Lipinski definition) is 2. The molecule has 1 aromatic carbocycles. The SMILES string of the molecule is CCCCC#Cc1cccc(C(=O)OCC)c1. The van der Waals surface area contributed by atoms with E-state index in [2.05, 4.69) is 18.8 Å². The number of benzene rings is 1. The molecular formula is C15H18O2. The minimum Gasteiger partial charge on any atom is -0.462 e. The van der Waals surface area contributed by atoms with Crippen LogP contribution in [0.15, 0.2) is 24.3 Å². The fraction of sp³-hybridized carbons (Fsp3) is 0.400. The van der Waals surface area contributed by atoms with E-state index in [1.54, 1.807) is 19.1 Å². The van der Waals surface area contributed by atoms with E-state index in [1.165, 1.54) is 0 Å². The van der Waals surface area contributed by atoms with Gasteiger partial charge in [0.25, 0.3) is 0 Å². The topological polar surface area (TPSA) is 26.3 Å². The van der Waals surface area contributed by atoms with Gasteiger partial charge in [0.2, 0.25) is 0 Å². The Labute approximate surface area is 103 Å². The van der Waals surface area contributed by atoms with Crippen LogP contribution in [0, 0.1) is 11.8 Å². The fourth-order valence-corrected chi connectivity index (χ4v) is 1.37.